The van der Waals surface area contributed by atoms with Crippen LogP contribution in [0.4, 0.5) is 0 Å². The van der Waals surface area contributed by atoms with Crippen molar-refractivity contribution in [3.8, 4) is 0 Å². The molecule has 1 aromatic carbocycles. The number of nitrogens with one attached hydrogen (secondary N) is 2. The van der Waals surface area contributed by atoms with Gasteiger partial charge in [0.25, 0.3) is 0 Å². The fourth-order valence-corrected chi connectivity index (χ4v) is 3.36. The second-order valence-corrected chi connectivity index (χ2v) is 7.43. The minimum atomic E-state index is 0.575. The fraction of sp³-hybridized carbons (Fsp3) is 0.545. The zero-order chi connectivity index (χ0) is 20.3. The van der Waals surface area contributed by atoms with Crippen molar-refractivity contribution in [2.75, 3.05) is 40.0 Å². The van der Waals surface area contributed by atoms with Gasteiger partial charge in [-0.3, -0.25) is 4.99 Å². The lowest BCUT2D eigenvalue weighted by Crippen LogP contribution is -2.37. The first-order valence-corrected chi connectivity index (χ1v) is 10.4. The molecule has 1 aromatic heterocycles. The summed E-state index contributed by atoms with van der Waals surface area (Å²) >= 11 is 0. The molecule has 7 heteroatoms. The van der Waals surface area contributed by atoms with E-state index in [9.17, 15) is 0 Å². The summed E-state index contributed by atoms with van der Waals surface area (Å²) in [6, 6.07) is 8.60. The van der Waals surface area contributed by atoms with Crippen molar-refractivity contribution in [3.05, 3.63) is 53.6 Å². The van der Waals surface area contributed by atoms with Crippen molar-refractivity contribution in [1.82, 2.24) is 20.2 Å². The molecular weight excluding hydrogens is 366 g/mol. The molecule has 0 bridgehead atoms. The van der Waals surface area contributed by atoms with Crippen LogP contribution in [0.2, 0.25) is 0 Å². The zero-order valence-electron chi connectivity index (χ0n) is 17.6. The lowest BCUT2D eigenvalue weighted by Gasteiger charge is -2.13. The summed E-state index contributed by atoms with van der Waals surface area (Å²) in [4.78, 5) is 8.59. The summed E-state index contributed by atoms with van der Waals surface area (Å²) in [6.45, 7) is 7.71. The molecule has 1 unspecified atom stereocenters. The molecule has 2 heterocycles. The normalized spacial score (nSPS) is 16.9. The first kappa shape index (κ1) is 21.3. The smallest absolute Gasteiger partial charge is 0.191 e. The third-order valence-electron chi connectivity index (χ3n) is 5.09. The van der Waals surface area contributed by atoms with Gasteiger partial charge in [-0.15, -0.1) is 0 Å². The average Bonchev–Trinajstić information content (AvgIpc) is 3.39. The average molecular weight is 400 g/mol. The van der Waals surface area contributed by atoms with Gasteiger partial charge in [-0.2, -0.15) is 0 Å². The number of guanidine groups is 1. The van der Waals surface area contributed by atoms with Gasteiger partial charge in [0.1, 0.15) is 5.82 Å². The molecule has 0 radical (unpaired) electrons. The Kier molecular flexibility index (Phi) is 8.52. The van der Waals surface area contributed by atoms with Crippen LogP contribution in [0.1, 0.15) is 29.8 Å². The SMILES string of the molecule is CN=C(NCCCOCC1CCOC1)NCc1cccc(Cn2ccnc2C)c1. The molecule has 1 aliphatic rings. The summed E-state index contributed by atoms with van der Waals surface area (Å²) < 4.78 is 13.3. The summed E-state index contributed by atoms with van der Waals surface area (Å²) in [5.74, 6) is 2.41. The Morgan fingerprint density at radius 3 is 3.00 bits per heavy atom. The molecule has 158 valence electrons. The van der Waals surface area contributed by atoms with Crippen molar-refractivity contribution in [3.63, 3.8) is 0 Å². The fourth-order valence-electron chi connectivity index (χ4n) is 3.36. The molecule has 0 spiro atoms. The van der Waals surface area contributed by atoms with Gasteiger partial charge in [-0.05, 0) is 30.9 Å². The number of aryl methyl sites for hydroxylation is 1. The number of aromatic nitrogens is 2. The Morgan fingerprint density at radius 1 is 1.34 bits per heavy atom. The Balaban J connectivity index is 1.34. The monoisotopic (exact) mass is 399 g/mol. The maximum Gasteiger partial charge on any atom is 0.191 e. The molecule has 0 aliphatic carbocycles. The molecule has 2 aromatic rings. The predicted octanol–water partition coefficient (Wildman–Crippen LogP) is 2.35. The minimum absolute atomic E-state index is 0.575. The topological polar surface area (TPSA) is 72.7 Å². The number of benzene rings is 1. The van der Waals surface area contributed by atoms with Crippen LogP contribution in [-0.2, 0) is 22.6 Å². The van der Waals surface area contributed by atoms with Gasteiger partial charge in [0, 0.05) is 58.2 Å². The highest BCUT2D eigenvalue weighted by atomic mass is 16.5. The maximum absolute atomic E-state index is 5.74. The molecule has 1 aliphatic heterocycles. The highest BCUT2D eigenvalue weighted by Crippen LogP contribution is 2.12. The molecule has 1 saturated heterocycles. The van der Waals surface area contributed by atoms with Crippen molar-refractivity contribution in [2.45, 2.75) is 32.9 Å². The summed E-state index contributed by atoms with van der Waals surface area (Å²) in [7, 11) is 1.80. The highest BCUT2D eigenvalue weighted by Gasteiger charge is 2.15. The summed E-state index contributed by atoms with van der Waals surface area (Å²) in [5.41, 5.74) is 2.49. The number of imidazole rings is 1. The van der Waals surface area contributed by atoms with Crippen molar-refractivity contribution in [2.24, 2.45) is 10.9 Å². The van der Waals surface area contributed by atoms with Gasteiger partial charge >= 0.3 is 0 Å². The number of ether oxygens (including phenoxy) is 2. The van der Waals surface area contributed by atoms with Gasteiger partial charge < -0.3 is 24.7 Å². The van der Waals surface area contributed by atoms with E-state index in [1.54, 1.807) is 7.05 Å². The van der Waals surface area contributed by atoms with Crippen LogP contribution in [-0.4, -0.2) is 55.5 Å². The minimum Gasteiger partial charge on any atom is -0.381 e. The lowest BCUT2D eigenvalue weighted by atomic mass is 10.1. The van der Waals surface area contributed by atoms with Gasteiger partial charge in [-0.1, -0.05) is 24.3 Å². The third-order valence-corrected chi connectivity index (χ3v) is 5.09. The Morgan fingerprint density at radius 2 is 2.24 bits per heavy atom. The van der Waals surface area contributed by atoms with Gasteiger partial charge in [0.2, 0.25) is 0 Å². The lowest BCUT2D eigenvalue weighted by molar-refractivity contribution is 0.0888. The second kappa shape index (κ2) is 11.6. The maximum atomic E-state index is 5.74. The Hall–Kier alpha value is -2.38. The molecule has 29 heavy (non-hydrogen) atoms. The van der Waals surface area contributed by atoms with E-state index in [4.69, 9.17) is 9.47 Å². The van der Waals surface area contributed by atoms with E-state index in [1.165, 1.54) is 11.1 Å². The molecule has 1 atom stereocenters. The van der Waals surface area contributed by atoms with Gasteiger partial charge in [0.15, 0.2) is 5.96 Å². The van der Waals surface area contributed by atoms with Crippen molar-refractivity contribution in [1.29, 1.82) is 0 Å². The number of hydrogen-bond donors (Lipinski definition) is 2. The Labute approximate surface area is 173 Å². The van der Waals surface area contributed by atoms with E-state index in [0.717, 1.165) is 70.7 Å². The van der Waals surface area contributed by atoms with E-state index >= 15 is 0 Å². The standard InChI is InChI=1S/C22H33N5O2/c1-18-24-9-10-27(18)15-20-6-3-5-19(13-20)14-26-22(23-2)25-8-4-11-28-16-21-7-12-29-17-21/h3,5-6,9-10,13,21H,4,7-8,11-12,14-17H2,1-2H3,(H2,23,25,26). The highest BCUT2D eigenvalue weighted by molar-refractivity contribution is 5.79. The molecular formula is C22H33N5O2. The van der Waals surface area contributed by atoms with E-state index < -0.39 is 0 Å². The van der Waals surface area contributed by atoms with Crippen LogP contribution >= 0.6 is 0 Å². The van der Waals surface area contributed by atoms with Crippen molar-refractivity contribution >= 4 is 5.96 Å². The number of nitrogens with zero attached hydrogens (tertiary/aromatic N) is 3. The first-order valence-electron chi connectivity index (χ1n) is 10.4. The van der Waals surface area contributed by atoms with Gasteiger partial charge in [0.05, 0.1) is 13.2 Å². The molecule has 2 N–H and O–H groups in total. The largest absolute Gasteiger partial charge is 0.381 e. The van der Waals surface area contributed by atoms with Crippen LogP contribution < -0.4 is 10.6 Å². The van der Waals surface area contributed by atoms with Crippen LogP contribution in [0.3, 0.4) is 0 Å². The van der Waals surface area contributed by atoms with Crippen molar-refractivity contribution < 1.29 is 9.47 Å². The molecule has 3 rings (SSSR count). The third kappa shape index (κ3) is 7.18. The molecule has 0 amide bonds. The second-order valence-electron chi connectivity index (χ2n) is 7.43. The van der Waals surface area contributed by atoms with Crippen LogP contribution in [0.15, 0.2) is 41.7 Å². The predicted molar refractivity (Wildman–Crippen MR) is 115 cm³/mol. The summed E-state index contributed by atoms with van der Waals surface area (Å²) in [5, 5.41) is 6.73. The van der Waals surface area contributed by atoms with E-state index in [0.29, 0.717) is 5.92 Å². The molecule has 7 nitrogen and oxygen atoms in total. The van der Waals surface area contributed by atoms with E-state index in [1.807, 2.05) is 19.3 Å². The van der Waals surface area contributed by atoms with Crippen LogP contribution in [0.25, 0.3) is 0 Å². The van der Waals surface area contributed by atoms with Crippen LogP contribution in [0.5, 0.6) is 0 Å². The number of aliphatic imine (C=N–C) groups is 1. The van der Waals surface area contributed by atoms with Crippen LogP contribution in [0, 0.1) is 12.8 Å². The summed E-state index contributed by atoms with van der Waals surface area (Å²) in [6.07, 6.45) is 5.92. The quantitative estimate of drug-likeness (QED) is 0.365. The number of hydrogen-bond acceptors (Lipinski definition) is 4. The van der Waals surface area contributed by atoms with E-state index in [-0.39, 0.29) is 0 Å². The van der Waals surface area contributed by atoms with Gasteiger partial charge in [-0.25, -0.2) is 4.98 Å². The van der Waals surface area contributed by atoms with E-state index in [2.05, 4.69) is 49.4 Å². The number of rotatable bonds is 10. The zero-order valence-corrected chi connectivity index (χ0v) is 17.6. The molecule has 1 fully saturated rings. The Bertz CT molecular complexity index is 768. The molecule has 0 saturated carbocycles. The first-order chi connectivity index (χ1) is 14.2.